The molecule has 0 unspecified atom stereocenters. The first-order valence-electron chi connectivity index (χ1n) is 7.11. The van der Waals surface area contributed by atoms with Crippen LogP contribution >= 0.6 is 15.9 Å². The Balaban J connectivity index is 1.68. The van der Waals surface area contributed by atoms with E-state index < -0.39 is 17.4 Å². The highest BCUT2D eigenvalue weighted by Gasteiger charge is 2.44. The minimum Gasteiger partial charge on any atom is -0.445 e. The van der Waals surface area contributed by atoms with Gasteiger partial charge in [-0.15, -0.1) is 0 Å². The zero-order valence-electron chi connectivity index (χ0n) is 12.2. The van der Waals surface area contributed by atoms with Crippen molar-refractivity contribution in [1.29, 1.82) is 0 Å². The van der Waals surface area contributed by atoms with Crippen molar-refractivity contribution >= 4 is 22.0 Å². The van der Waals surface area contributed by atoms with Crippen molar-refractivity contribution in [1.82, 2.24) is 5.32 Å². The summed E-state index contributed by atoms with van der Waals surface area (Å²) in [6.45, 7) is 0.588. The van der Waals surface area contributed by atoms with Crippen molar-refractivity contribution in [3.63, 3.8) is 0 Å². The summed E-state index contributed by atoms with van der Waals surface area (Å²) in [5.74, 6) is -0.397. The first-order valence-corrected chi connectivity index (χ1v) is 7.90. The van der Waals surface area contributed by atoms with Crippen molar-refractivity contribution in [2.45, 2.75) is 12.1 Å². The number of alkyl carbamates (subject to hydrolysis) is 1. The summed E-state index contributed by atoms with van der Waals surface area (Å²) in [6.07, 6.45) is -0.598. The number of rotatable bonds is 4. The topological polar surface area (TPSA) is 47.6 Å². The van der Waals surface area contributed by atoms with Gasteiger partial charge in [0.25, 0.3) is 0 Å². The Bertz CT molecular complexity index is 704. The third kappa shape index (κ3) is 3.54. The van der Waals surface area contributed by atoms with Gasteiger partial charge < -0.3 is 14.8 Å². The highest BCUT2D eigenvalue weighted by atomic mass is 79.9. The molecule has 2 aromatic rings. The first kappa shape index (κ1) is 16.0. The summed E-state index contributed by atoms with van der Waals surface area (Å²) in [5.41, 5.74) is 0.401. The minimum absolute atomic E-state index is 0.159. The van der Waals surface area contributed by atoms with Gasteiger partial charge >= 0.3 is 6.09 Å². The quantitative estimate of drug-likeness (QED) is 0.879. The fraction of sp³-hybridized carbons (Fsp3) is 0.235. The van der Waals surface area contributed by atoms with E-state index in [2.05, 4.69) is 21.2 Å². The van der Waals surface area contributed by atoms with Gasteiger partial charge in [-0.05, 0) is 17.7 Å². The number of nitrogens with one attached hydrogen (secondary N) is 1. The van der Waals surface area contributed by atoms with E-state index in [1.165, 1.54) is 6.07 Å². The number of hydrogen-bond acceptors (Lipinski definition) is 3. The standard InChI is InChI=1S/C17H15BrFNO3/c18-13-6-7-14(15(19)8-13)17(10-22-11-17)20-16(21)23-9-12-4-2-1-3-5-12/h1-8H,9-11H2,(H,20,21). The Kier molecular flexibility index (Phi) is 4.63. The lowest BCUT2D eigenvalue weighted by molar-refractivity contribution is -0.0777. The molecule has 1 aliphatic rings. The van der Waals surface area contributed by atoms with E-state index in [0.717, 1.165) is 5.56 Å². The fourth-order valence-corrected chi connectivity index (χ4v) is 2.77. The maximum atomic E-state index is 14.2. The fourth-order valence-electron chi connectivity index (χ4n) is 2.43. The number of carbonyl (C=O) groups is 1. The predicted octanol–water partition coefficient (Wildman–Crippen LogP) is 3.74. The SMILES string of the molecule is O=C(NC1(c2ccc(Br)cc2F)COC1)OCc1ccccc1. The second-order valence-electron chi connectivity index (χ2n) is 5.39. The van der Waals surface area contributed by atoms with Gasteiger partial charge in [0.15, 0.2) is 0 Å². The molecule has 3 rings (SSSR count). The summed E-state index contributed by atoms with van der Waals surface area (Å²) in [4.78, 5) is 12.1. The third-order valence-electron chi connectivity index (χ3n) is 3.70. The summed E-state index contributed by atoms with van der Waals surface area (Å²) < 4.78 is 25.2. The average Bonchev–Trinajstić information content (AvgIpc) is 2.50. The molecule has 2 aromatic carbocycles. The van der Waals surface area contributed by atoms with E-state index in [-0.39, 0.29) is 19.8 Å². The second kappa shape index (κ2) is 6.68. The van der Waals surface area contributed by atoms with Gasteiger partial charge in [0, 0.05) is 10.0 Å². The molecule has 0 spiro atoms. The molecule has 0 aromatic heterocycles. The Labute approximate surface area is 141 Å². The van der Waals surface area contributed by atoms with Crippen LogP contribution in [0.15, 0.2) is 53.0 Å². The van der Waals surface area contributed by atoms with Gasteiger partial charge in [0.05, 0.1) is 13.2 Å². The molecule has 120 valence electrons. The normalized spacial score (nSPS) is 15.6. The van der Waals surface area contributed by atoms with Crippen molar-refractivity contribution in [3.05, 3.63) is 69.9 Å². The van der Waals surface area contributed by atoms with Crippen LogP contribution in [0.1, 0.15) is 11.1 Å². The molecule has 6 heteroatoms. The Morgan fingerprint density at radius 1 is 1.26 bits per heavy atom. The van der Waals surface area contributed by atoms with Crippen LogP contribution < -0.4 is 5.32 Å². The number of amides is 1. The van der Waals surface area contributed by atoms with Gasteiger partial charge in [0.1, 0.15) is 18.0 Å². The number of ether oxygens (including phenoxy) is 2. The van der Waals surface area contributed by atoms with Gasteiger partial charge in [0.2, 0.25) is 0 Å². The van der Waals surface area contributed by atoms with Gasteiger partial charge in [-0.1, -0.05) is 52.3 Å². The zero-order chi connectivity index (χ0) is 16.3. The molecule has 1 amide bonds. The van der Waals surface area contributed by atoms with E-state index in [1.54, 1.807) is 12.1 Å². The molecule has 1 heterocycles. The molecule has 1 saturated heterocycles. The molecule has 0 aliphatic carbocycles. The Hall–Kier alpha value is -1.92. The Morgan fingerprint density at radius 2 is 2.00 bits per heavy atom. The molecule has 0 saturated carbocycles. The molecule has 0 bridgehead atoms. The number of hydrogen-bond donors (Lipinski definition) is 1. The molecule has 4 nitrogen and oxygen atoms in total. The predicted molar refractivity (Wildman–Crippen MR) is 86.4 cm³/mol. The number of halogens is 2. The van der Waals surface area contributed by atoms with Crippen LogP contribution in [0.4, 0.5) is 9.18 Å². The van der Waals surface area contributed by atoms with Crippen LogP contribution in [0.25, 0.3) is 0 Å². The van der Waals surface area contributed by atoms with Crippen LogP contribution in [0.3, 0.4) is 0 Å². The highest BCUT2D eigenvalue weighted by molar-refractivity contribution is 9.10. The maximum Gasteiger partial charge on any atom is 0.408 e. The lowest BCUT2D eigenvalue weighted by Crippen LogP contribution is -2.59. The first-order chi connectivity index (χ1) is 11.1. The van der Waals surface area contributed by atoms with Gasteiger partial charge in [-0.25, -0.2) is 9.18 Å². The number of benzene rings is 2. The summed E-state index contributed by atoms with van der Waals surface area (Å²) in [6, 6.07) is 14.1. The lowest BCUT2D eigenvalue weighted by atomic mass is 9.87. The van der Waals surface area contributed by atoms with Crippen LogP contribution in [0.2, 0.25) is 0 Å². The molecular weight excluding hydrogens is 365 g/mol. The van der Waals surface area contributed by atoms with Crippen LogP contribution in [0, 0.1) is 5.82 Å². The molecule has 1 N–H and O–H groups in total. The van der Waals surface area contributed by atoms with Crippen molar-refractivity contribution in [2.24, 2.45) is 0 Å². The van der Waals surface area contributed by atoms with E-state index >= 15 is 0 Å². The third-order valence-corrected chi connectivity index (χ3v) is 4.19. The van der Waals surface area contributed by atoms with E-state index in [0.29, 0.717) is 10.0 Å². The van der Waals surface area contributed by atoms with Gasteiger partial charge in [-0.3, -0.25) is 0 Å². The molecular formula is C17H15BrFNO3. The van der Waals surface area contributed by atoms with Gasteiger partial charge in [-0.2, -0.15) is 0 Å². The monoisotopic (exact) mass is 379 g/mol. The summed E-state index contributed by atoms with van der Waals surface area (Å²) >= 11 is 3.22. The smallest absolute Gasteiger partial charge is 0.408 e. The van der Waals surface area contributed by atoms with E-state index in [1.807, 2.05) is 30.3 Å². The second-order valence-corrected chi connectivity index (χ2v) is 6.30. The van der Waals surface area contributed by atoms with Crippen molar-refractivity contribution in [3.8, 4) is 0 Å². The number of carbonyl (C=O) groups excluding carboxylic acids is 1. The Morgan fingerprint density at radius 3 is 2.61 bits per heavy atom. The zero-order valence-corrected chi connectivity index (χ0v) is 13.8. The van der Waals surface area contributed by atoms with E-state index in [9.17, 15) is 9.18 Å². The van der Waals surface area contributed by atoms with E-state index in [4.69, 9.17) is 9.47 Å². The molecule has 1 fully saturated rings. The maximum absolute atomic E-state index is 14.2. The van der Waals surface area contributed by atoms with Crippen molar-refractivity contribution < 1.29 is 18.7 Å². The van der Waals surface area contributed by atoms with Crippen LogP contribution in [0.5, 0.6) is 0 Å². The minimum atomic E-state index is -0.876. The summed E-state index contributed by atoms with van der Waals surface area (Å²) in [5, 5.41) is 2.74. The average molecular weight is 380 g/mol. The van der Waals surface area contributed by atoms with Crippen LogP contribution in [-0.2, 0) is 21.6 Å². The molecule has 1 aliphatic heterocycles. The molecule has 0 radical (unpaired) electrons. The van der Waals surface area contributed by atoms with Crippen molar-refractivity contribution in [2.75, 3.05) is 13.2 Å². The van der Waals surface area contributed by atoms with Crippen LogP contribution in [-0.4, -0.2) is 19.3 Å². The molecule has 23 heavy (non-hydrogen) atoms. The highest BCUT2D eigenvalue weighted by Crippen LogP contribution is 2.32. The largest absolute Gasteiger partial charge is 0.445 e. The lowest BCUT2D eigenvalue weighted by Gasteiger charge is -2.42. The molecule has 0 atom stereocenters. The summed E-state index contributed by atoms with van der Waals surface area (Å²) in [7, 11) is 0.